The molecule has 0 saturated heterocycles. The number of aromatic nitrogens is 2. The lowest BCUT2D eigenvalue weighted by atomic mass is 10.3. The maximum absolute atomic E-state index is 11.6. The van der Waals surface area contributed by atoms with E-state index in [1.54, 1.807) is 0 Å². The van der Waals surface area contributed by atoms with Crippen LogP contribution in [-0.4, -0.2) is 28.1 Å². The van der Waals surface area contributed by atoms with E-state index in [1.807, 2.05) is 6.92 Å². The normalized spacial score (nSPS) is 10.1. The van der Waals surface area contributed by atoms with Gasteiger partial charge < -0.3 is 11.1 Å². The second kappa shape index (κ2) is 6.53. The van der Waals surface area contributed by atoms with E-state index in [2.05, 4.69) is 10.4 Å². The van der Waals surface area contributed by atoms with Crippen LogP contribution in [0, 0.1) is 0 Å². The minimum absolute atomic E-state index is 0.0898. The monoisotopic (exact) mass is 252 g/mol. The molecule has 0 aliphatic heterocycles. The highest BCUT2D eigenvalue weighted by atomic mass is 16.2. The quantitative estimate of drug-likeness (QED) is 0.695. The Morgan fingerprint density at radius 1 is 1.44 bits per heavy atom. The summed E-state index contributed by atoms with van der Waals surface area (Å²) in [6.07, 6.45) is 1.73. The van der Waals surface area contributed by atoms with Crippen LogP contribution in [0.25, 0.3) is 0 Å². The van der Waals surface area contributed by atoms with Gasteiger partial charge in [-0.2, -0.15) is 5.10 Å². The smallest absolute Gasteiger partial charge is 0.272 e. The summed E-state index contributed by atoms with van der Waals surface area (Å²) in [4.78, 5) is 33.6. The molecule has 7 nitrogen and oxygen atoms in total. The summed E-state index contributed by atoms with van der Waals surface area (Å²) in [7, 11) is 0. The Hall–Kier alpha value is -2.18. The summed E-state index contributed by atoms with van der Waals surface area (Å²) >= 11 is 0. The molecule has 0 fully saturated rings. The van der Waals surface area contributed by atoms with Gasteiger partial charge in [0.25, 0.3) is 11.5 Å². The summed E-state index contributed by atoms with van der Waals surface area (Å²) in [6.45, 7) is 2.20. The average molecular weight is 252 g/mol. The first-order valence-corrected chi connectivity index (χ1v) is 5.69. The summed E-state index contributed by atoms with van der Waals surface area (Å²) in [6, 6.07) is 2.60. The Bertz CT molecular complexity index is 495. The largest absolute Gasteiger partial charge is 0.368 e. The molecule has 3 N–H and O–H groups in total. The van der Waals surface area contributed by atoms with E-state index in [0.717, 1.165) is 12.8 Å². The third-order valence-electron chi connectivity index (χ3n) is 2.25. The van der Waals surface area contributed by atoms with Crippen LogP contribution in [0.2, 0.25) is 0 Å². The van der Waals surface area contributed by atoms with E-state index in [0.29, 0.717) is 6.54 Å². The van der Waals surface area contributed by atoms with E-state index in [4.69, 9.17) is 5.73 Å². The Labute approximate surface area is 104 Å². The van der Waals surface area contributed by atoms with Crippen LogP contribution in [0.1, 0.15) is 30.3 Å². The maximum atomic E-state index is 11.6. The minimum atomic E-state index is -0.636. The van der Waals surface area contributed by atoms with Crippen LogP contribution in [0.4, 0.5) is 0 Å². The number of hydrogen-bond donors (Lipinski definition) is 2. The molecule has 1 heterocycles. The van der Waals surface area contributed by atoms with Crippen LogP contribution < -0.4 is 16.6 Å². The Kier molecular flexibility index (Phi) is 5.04. The van der Waals surface area contributed by atoms with Gasteiger partial charge in [-0.25, -0.2) is 4.68 Å². The summed E-state index contributed by atoms with van der Waals surface area (Å²) in [5.41, 5.74) is 4.74. The molecule has 2 amide bonds. The number of unbranched alkanes of at least 4 members (excludes halogenated alkanes) is 1. The fourth-order valence-corrected chi connectivity index (χ4v) is 1.30. The summed E-state index contributed by atoms with van der Waals surface area (Å²) in [5, 5.41) is 6.24. The first-order chi connectivity index (χ1) is 8.54. The van der Waals surface area contributed by atoms with Crippen molar-refractivity contribution in [1.29, 1.82) is 0 Å². The molecule has 0 unspecified atom stereocenters. The van der Waals surface area contributed by atoms with Crippen LogP contribution in [0.5, 0.6) is 0 Å². The van der Waals surface area contributed by atoms with Crippen molar-refractivity contribution >= 4 is 11.8 Å². The Balaban J connectivity index is 2.80. The number of primary amides is 1. The number of carbonyl (C=O) groups excluding carboxylic acids is 2. The SMILES string of the molecule is CCCCn1nc(C(=O)NCC(N)=O)ccc1=O. The number of nitrogens with zero attached hydrogens (tertiary/aromatic N) is 2. The molecule has 18 heavy (non-hydrogen) atoms. The summed E-state index contributed by atoms with van der Waals surface area (Å²) < 4.78 is 1.24. The molecule has 0 radical (unpaired) electrons. The molecule has 1 rings (SSSR count). The Morgan fingerprint density at radius 3 is 2.78 bits per heavy atom. The van der Waals surface area contributed by atoms with Crippen LogP contribution in [0.15, 0.2) is 16.9 Å². The zero-order valence-corrected chi connectivity index (χ0v) is 10.2. The molecule has 1 aromatic rings. The fourth-order valence-electron chi connectivity index (χ4n) is 1.30. The number of carbonyl (C=O) groups is 2. The van der Waals surface area contributed by atoms with Gasteiger partial charge in [0.2, 0.25) is 5.91 Å². The van der Waals surface area contributed by atoms with Crippen molar-refractivity contribution < 1.29 is 9.59 Å². The van der Waals surface area contributed by atoms with Crippen molar-refractivity contribution in [3.63, 3.8) is 0 Å². The third-order valence-corrected chi connectivity index (χ3v) is 2.25. The third kappa shape index (κ3) is 4.00. The predicted molar refractivity (Wildman–Crippen MR) is 64.9 cm³/mol. The zero-order valence-electron chi connectivity index (χ0n) is 10.2. The van der Waals surface area contributed by atoms with E-state index < -0.39 is 11.8 Å². The van der Waals surface area contributed by atoms with Gasteiger partial charge in [-0.1, -0.05) is 13.3 Å². The van der Waals surface area contributed by atoms with Crippen LogP contribution in [0.3, 0.4) is 0 Å². The fraction of sp³-hybridized carbons (Fsp3) is 0.455. The zero-order chi connectivity index (χ0) is 13.5. The van der Waals surface area contributed by atoms with Crippen molar-refractivity contribution in [2.75, 3.05) is 6.54 Å². The summed E-state index contributed by atoms with van der Waals surface area (Å²) in [5.74, 6) is -1.17. The molecule has 0 aromatic carbocycles. The predicted octanol–water partition coefficient (Wildman–Crippen LogP) is -0.741. The molecule has 7 heteroatoms. The van der Waals surface area contributed by atoms with Gasteiger partial charge in [0.15, 0.2) is 0 Å². The number of nitrogens with two attached hydrogens (primary N) is 1. The highest BCUT2D eigenvalue weighted by Crippen LogP contribution is 1.93. The molecule has 0 atom stereocenters. The molecule has 0 spiro atoms. The van der Waals surface area contributed by atoms with Crippen molar-refractivity contribution in [3.8, 4) is 0 Å². The number of aryl methyl sites for hydroxylation is 1. The highest BCUT2D eigenvalue weighted by Gasteiger charge is 2.09. The number of rotatable bonds is 6. The van der Waals surface area contributed by atoms with Crippen molar-refractivity contribution in [2.45, 2.75) is 26.3 Å². The molecule has 0 saturated carbocycles. The number of nitrogens with one attached hydrogen (secondary N) is 1. The topological polar surface area (TPSA) is 107 Å². The standard InChI is InChI=1S/C11H16N4O3/c1-2-3-6-15-10(17)5-4-8(14-15)11(18)13-7-9(12)16/h4-5H,2-3,6-7H2,1H3,(H2,12,16)(H,13,18). The molecular formula is C11H16N4O3. The van der Waals surface area contributed by atoms with E-state index in [9.17, 15) is 14.4 Å². The van der Waals surface area contributed by atoms with Crippen molar-refractivity contribution in [3.05, 3.63) is 28.2 Å². The van der Waals surface area contributed by atoms with Crippen molar-refractivity contribution in [1.82, 2.24) is 15.1 Å². The highest BCUT2D eigenvalue weighted by molar-refractivity contribution is 5.94. The number of hydrogen-bond acceptors (Lipinski definition) is 4. The van der Waals surface area contributed by atoms with E-state index in [-0.39, 0.29) is 17.8 Å². The molecule has 0 aliphatic carbocycles. The van der Waals surface area contributed by atoms with Gasteiger partial charge in [0.05, 0.1) is 6.54 Å². The van der Waals surface area contributed by atoms with Gasteiger partial charge in [-0.05, 0) is 12.5 Å². The lowest BCUT2D eigenvalue weighted by Gasteiger charge is -2.06. The first kappa shape index (κ1) is 13.9. The van der Waals surface area contributed by atoms with Crippen LogP contribution >= 0.6 is 0 Å². The van der Waals surface area contributed by atoms with Crippen LogP contribution in [-0.2, 0) is 11.3 Å². The van der Waals surface area contributed by atoms with Gasteiger partial charge >= 0.3 is 0 Å². The minimum Gasteiger partial charge on any atom is -0.368 e. The molecule has 98 valence electrons. The number of amides is 2. The second-order valence-corrected chi connectivity index (χ2v) is 3.78. The molecule has 0 aliphatic rings. The van der Waals surface area contributed by atoms with Gasteiger partial charge in [0, 0.05) is 12.6 Å². The van der Waals surface area contributed by atoms with Gasteiger partial charge in [0.1, 0.15) is 5.69 Å². The lowest BCUT2D eigenvalue weighted by Crippen LogP contribution is -2.35. The first-order valence-electron chi connectivity index (χ1n) is 5.69. The van der Waals surface area contributed by atoms with E-state index >= 15 is 0 Å². The lowest BCUT2D eigenvalue weighted by molar-refractivity contribution is -0.117. The molecule has 1 aromatic heterocycles. The molecular weight excluding hydrogens is 236 g/mol. The Morgan fingerprint density at radius 2 is 2.17 bits per heavy atom. The van der Waals surface area contributed by atoms with Gasteiger partial charge in [-0.15, -0.1) is 0 Å². The van der Waals surface area contributed by atoms with E-state index in [1.165, 1.54) is 16.8 Å². The average Bonchev–Trinajstić information content (AvgIpc) is 2.35. The molecule has 0 bridgehead atoms. The van der Waals surface area contributed by atoms with Crippen molar-refractivity contribution in [2.24, 2.45) is 5.73 Å². The second-order valence-electron chi connectivity index (χ2n) is 3.78. The maximum Gasteiger partial charge on any atom is 0.272 e. The van der Waals surface area contributed by atoms with Gasteiger partial charge in [-0.3, -0.25) is 14.4 Å².